The molecule has 4 nitrogen and oxygen atoms in total. The summed E-state index contributed by atoms with van der Waals surface area (Å²) in [5, 5.41) is 1.55. The Bertz CT molecular complexity index is 149. The maximum atomic E-state index is 11.1. The lowest BCUT2D eigenvalue weighted by Gasteiger charge is -2.14. The molecule has 0 aromatic heterocycles. The normalized spacial score (nSPS) is 25.5. The van der Waals surface area contributed by atoms with Crippen LogP contribution in [0, 0.1) is 0 Å². The van der Waals surface area contributed by atoms with E-state index < -0.39 is 0 Å². The third-order valence-electron chi connectivity index (χ3n) is 1.68. The Morgan fingerprint density at radius 3 is 3.00 bits per heavy atom. The zero-order valence-electron chi connectivity index (χ0n) is 6.87. The van der Waals surface area contributed by atoms with Crippen LogP contribution in [0.1, 0.15) is 13.3 Å². The van der Waals surface area contributed by atoms with Crippen molar-refractivity contribution >= 4 is 5.97 Å². The molecule has 1 aliphatic heterocycles. The number of carbonyl (C=O) groups excluding carboxylic acids is 1. The molecule has 1 rings (SSSR count). The largest absolute Gasteiger partial charge is 0.465 e. The Morgan fingerprint density at radius 2 is 2.55 bits per heavy atom. The highest BCUT2D eigenvalue weighted by Gasteiger charge is 2.29. The van der Waals surface area contributed by atoms with Crippen LogP contribution in [0.3, 0.4) is 0 Å². The molecule has 1 atom stereocenters. The summed E-state index contributed by atoms with van der Waals surface area (Å²) < 4.78 is 4.84. The van der Waals surface area contributed by atoms with Gasteiger partial charge in [-0.2, -0.15) is 5.06 Å². The van der Waals surface area contributed by atoms with Crippen molar-refractivity contribution < 1.29 is 14.4 Å². The average molecular weight is 159 g/mol. The van der Waals surface area contributed by atoms with Crippen molar-refractivity contribution in [2.24, 2.45) is 0 Å². The summed E-state index contributed by atoms with van der Waals surface area (Å²) in [5.41, 5.74) is 0. The molecule has 0 unspecified atom stereocenters. The molecule has 11 heavy (non-hydrogen) atoms. The maximum Gasteiger partial charge on any atom is 0.325 e. The number of ether oxygens (including phenoxy) is 1. The topological polar surface area (TPSA) is 38.8 Å². The molecule has 0 bridgehead atoms. The number of hydrogen-bond donors (Lipinski definition) is 0. The number of nitrogens with zero attached hydrogens (tertiary/aromatic N) is 1. The Morgan fingerprint density at radius 1 is 1.82 bits per heavy atom. The van der Waals surface area contributed by atoms with Gasteiger partial charge in [-0.1, -0.05) is 0 Å². The van der Waals surface area contributed by atoms with Crippen LogP contribution in [0.5, 0.6) is 0 Å². The van der Waals surface area contributed by atoms with E-state index in [1.165, 1.54) is 0 Å². The fraction of sp³-hybridized carbons (Fsp3) is 0.857. The lowest BCUT2D eigenvalue weighted by molar-refractivity contribution is -0.163. The van der Waals surface area contributed by atoms with E-state index in [4.69, 9.17) is 9.57 Å². The van der Waals surface area contributed by atoms with Crippen molar-refractivity contribution in [2.45, 2.75) is 19.4 Å². The van der Waals surface area contributed by atoms with Gasteiger partial charge in [-0.05, 0) is 6.92 Å². The van der Waals surface area contributed by atoms with E-state index in [0.29, 0.717) is 13.2 Å². The van der Waals surface area contributed by atoms with Crippen molar-refractivity contribution in [3.63, 3.8) is 0 Å². The standard InChI is InChI=1S/C7H13NO3/c1-3-10-7(9)6-4-5-11-8(6)2/h6H,3-5H2,1-2H3/t6-/m0/s1. The third-order valence-corrected chi connectivity index (χ3v) is 1.68. The van der Waals surface area contributed by atoms with Crippen LogP contribution in [-0.4, -0.2) is 37.3 Å². The summed E-state index contributed by atoms with van der Waals surface area (Å²) in [6, 6.07) is -0.199. The molecule has 64 valence electrons. The van der Waals surface area contributed by atoms with Gasteiger partial charge in [0.1, 0.15) is 6.04 Å². The molecular weight excluding hydrogens is 146 g/mol. The van der Waals surface area contributed by atoms with Gasteiger partial charge in [-0.25, -0.2) is 0 Å². The van der Waals surface area contributed by atoms with Crippen LogP contribution in [0.25, 0.3) is 0 Å². The highest BCUT2D eigenvalue weighted by molar-refractivity contribution is 5.75. The zero-order chi connectivity index (χ0) is 8.27. The van der Waals surface area contributed by atoms with Crippen LogP contribution in [0.4, 0.5) is 0 Å². The minimum Gasteiger partial charge on any atom is -0.465 e. The van der Waals surface area contributed by atoms with Gasteiger partial charge in [0.05, 0.1) is 13.2 Å². The van der Waals surface area contributed by atoms with E-state index in [2.05, 4.69) is 0 Å². The maximum absolute atomic E-state index is 11.1. The van der Waals surface area contributed by atoms with Gasteiger partial charge in [0, 0.05) is 13.5 Å². The van der Waals surface area contributed by atoms with Crippen molar-refractivity contribution in [3.8, 4) is 0 Å². The molecule has 0 N–H and O–H groups in total. The summed E-state index contributed by atoms with van der Waals surface area (Å²) in [5.74, 6) is -0.187. The first-order valence-electron chi connectivity index (χ1n) is 3.78. The molecule has 0 spiro atoms. The second kappa shape index (κ2) is 3.69. The lowest BCUT2D eigenvalue weighted by Crippen LogP contribution is -2.33. The van der Waals surface area contributed by atoms with Crippen LogP contribution in [-0.2, 0) is 14.4 Å². The summed E-state index contributed by atoms with van der Waals surface area (Å²) in [6.07, 6.45) is 0.731. The fourth-order valence-electron chi connectivity index (χ4n) is 1.08. The number of hydrogen-bond acceptors (Lipinski definition) is 4. The summed E-state index contributed by atoms with van der Waals surface area (Å²) >= 11 is 0. The smallest absolute Gasteiger partial charge is 0.325 e. The zero-order valence-corrected chi connectivity index (χ0v) is 6.87. The fourth-order valence-corrected chi connectivity index (χ4v) is 1.08. The summed E-state index contributed by atoms with van der Waals surface area (Å²) in [7, 11) is 1.74. The number of esters is 1. The van der Waals surface area contributed by atoms with E-state index in [1.807, 2.05) is 0 Å². The van der Waals surface area contributed by atoms with Crippen LogP contribution >= 0.6 is 0 Å². The van der Waals surface area contributed by atoms with Crippen LogP contribution in [0.15, 0.2) is 0 Å². The van der Waals surface area contributed by atoms with E-state index in [1.54, 1.807) is 19.0 Å². The monoisotopic (exact) mass is 159 g/mol. The van der Waals surface area contributed by atoms with Crippen LogP contribution < -0.4 is 0 Å². The Balaban J connectivity index is 2.39. The molecule has 0 aromatic carbocycles. The molecule has 1 aliphatic rings. The molecule has 1 fully saturated rings. The van der Waals surface area contributed by atoms with Gasteiger partial charge in [0.15, 0.2) is 0 Å². The molecule has 0 aliphatic carbocycles. The van der Waals surface area contributed by atoms with Crippen molar-refractivity contribution in [1.82, 2.24) is 5.06 Å². The number of carbonyl (C=O) groups is 1. The lowest BCUT2D eigenvalue weighted by atomic mass is 10.2. The Kier molecular flexibility index (Phi) is 2.84. The highest BCUT2D eigenvalue weighted by atomic mass is 16.7. The number of hydroxylamine groups is 2. The molecule has 0 saturated carbocycles. The predicted octanol–water partition coefficient (Wildman–Crippen LogP) is 0.185. The first-order chi connectivity index (χ1) is 5.25. The van der Waals surface area contributed by atoms with Crippen molar-refractivity contribution in [1.29, 1.82) is 0 Å². The minimum atomic E-state index is -0.199. The van der Waals surface area contributed by atoms with Crippen LogP contribution in [0.2, 0.25) is 0 Å². The van der Waals surface area contributed by atoms with Gasteiger partial charge in [0.25, 0.3) is 0 Å². The Labute approximate surface area is 66.0 Å². The van der Waals surface area contributed by atoms with Gasteiger partial charge < -0.3 is 4.74 Å². The molecule has 1 saturated heterocycles. The SMILES string of the molecule is CCOC(=O)[C@@H]1CCON1C. The number of rotatable bonds is 2. The van der Waals surface area contributed by atoms with E-state index in [-0.39, 0.29) is 12.0 Å². The van der Waals surface area contributed by atoms with Gasteiger partial charge in [-0.3, -0.25) is 9.63 Å². The number of likely N-dealkylation sites (N-methyl/N-ethyl adjacent to an activating group) is 1. The molecular formula is C7H13NO3. The molecule has 0 aromatic rings. The third kappa shape index (κ3) is 1.91. The molecule has 1 heterocycles. The van der Waals surface area contributed by atoms with Gasteiger partial charge >= 0.3 is 5.97 Å². The second-order valence-corrected chi connectivity index (χ2v) is 2.44. The van der Waals surface area contributed by atoms with E-state index >= 15 is 0 Å². The van der Waals surface area contributed by atoms with E-state index in [9.17, 15) is 4.79 Å². The van der Waals surface area contributed by atoms with Crippen molar-refractivity contribution in [2.75, 3.05) is 20.3 Å². The van der Waals surface area contributed by atoms with Crippen molar-refractivity contribution in [3.05, 3.63) is 0 Å². The van der Waals surface area contributed by atoms with E-state index in [0.717, 1.165) is 6.42 Å². The Hall–Kier alpha value is -0.610. The quantitative estimate of drug-likeness (QED) is 0.539. The van der Waals surface area contributed by atoms with Gasteiger partial charge in [0.2, 0.25) is 0 Å². The highest BCUT2D eigenvalue weighted by Crippen LogP contribution is 2.12. The predicted molar refractivity (Wildman–Crippen MR) is 38.8 cm³/mol. The summed E-state index contributed by atoms with van der Waals surface area (Å²) in [4.78, 5) is 16.2. The average Bonchev–Trinajstić information content (AvgIpc) is 2.36. The molecule has 0 radical (unpaired) electrons. The summed E-state index contributed by atoms with van der Waals surface area (Å²) in [6.45, 7) is 2.84. The minimum absolute atomic E-state index is 0.187. The molecule has 4 heteroatoms. The molecule has 0 amide bonds. The van der Waals surface area contributed by atoms with Gasteiger partial charge in [-0.15, -0.1) is 0 Å². The first kappa shape index (κ1) is 8.49. The second-order valence-electron chi connectivity index (χ2n) is 2.44. The first-order valence-corrected chi connectivity index (χ1v) is 3.78.